The van der Waals surface area contributed by atoms with Crippen molar-refractivity contribution in [1.82, 2.24) is 4.90 Å². The van der Waals surface area contributed by atoms with E-state index in [-0.39, 0.29) is 25.2 Å². The lowest BCUT2D eigenvalue weighted by molar-refractivity contribution is -0.0822. The van der Waals surface area contributed by atoms with Gasteiger partial charge in [0, 0.05) is 25.7 Å². The summed E-state index contributed by atoms with van der Waals surface area (Å²) >= 11 is 0. The van der Waals surface area contributed by atoms with Gasteiger partial charge in [-0.3, -0.25) is 4.90 Å². The van der Waals surface area contributed by atoms with Crippen LogP contribution in [0, 0.1) is 5.92 Å². The van der Waals surface area contributed by atoms with Crippen molar-refractivity contribution in [1.29, 1.82) is 0 Å². The largest absolute Gasteiger partial charge is 0.396 e. The number of hydrogen-bond acceptors (Lipinski definition) is 4. The predicted octanol–water partition coefficient (Wildman–Crippen LogP) is -0.304. The van der Waals surface area contributed by atoms with Crippen LogP contribution in [0.1, 0.15) is 13.8 Å². The minimum atomic E-state index is -0.0582. The fourth-order valence-corrected chi connectivity index (χ4v) is 1.70. The summed E-state index contributed by atoms with van der Waals surface area (Å²) < 4.78 is 5.43. The first-order valence-corrected chi connectivity index (χ1v) is 5.24. The molecule has 0 saturated carbocycles. The van der Waals surface area contributed by atoms with Gasteiger partial charge in [-0.05, 0) is 12.8 Å². The minimum Gasteiger partial charge on any atom is -0.396 e. The maximum absolute atomic E-state index is 8.99. The Morgan fingerprint density at radius 2 is 2.21 bits per heavy atom. The van der Waals surface area contributed by atoms with Crippen LogP contribution < -0.4 is 0 Å². The molecule has 0 bridgehead atoms. The van der Waals surface area contributed by atoms with E-state index in [0.29, 0.717) is 12.6 Å². The Balaban J connectivity index is 2.40. The average molecular weight is 203 g/mol. The van der Waals surface area contributed by atoms with Gasteiger partial charge in [0.05, 0.1) is 19.3 Å². The van der Waals surface area contributed by atoms with Crippen LogP contribution in [0.2, 0.25) is 0 Å². The summed E-state index contributed by atoms with van der Waals surface area (Å²) in [6.45, 7) is 6.74. The number of hydrogen-bond donors (Lipinski definition) is 2. The molecule has 3 unspecified atom stereocenters. The Labute approximate surface area is 85.5 Å². The van der Waals surface area contributed by atoms with Crippen LogP contribution in [0.5, 0.6) is 0 Å². The summed E-state index contributed by atoms with van der Waals surface area (Å²) in [5, 5.41) is 18.0. The van der Waals surface area contributed by atoms with Gasteiger partial charge >= 0.3 is 0 Å². The van der Waals surface area contributed by atoms with E-state index in [1.165, 1.54) is 0 Å². The number of aliphatic hydroxyl groups is 2. The standard InChI is InChI=1S/C10H21NO3/c1-8(5-12)3-11-4-10(6-13)14-7-9(11)2/h8-10,12-13H,3-7H2,1-2H3. The third kappa shape index (κ3) is 3.20. The van der Waals surface area contributed by atoms with Crippen molar-refractivity contribution in [3.8, 4) is 0 Å². The molecular weight excluding hydrogens is 182 g/mol. The molecule has 4 nitrogen and oxygen atoms in total. The van der Waals surface area contributed by atoms with Crippen LogP contribution in [0.3, 0.4) is 0 Å². The third-order valence-corrected chi connectivity index (χ3v) is 2.70. The number of aliphatic hydroxyl groups excluding tert-OH is 2. The summed E-state index contributed by atoms with van der Waals surface area (Å²) in [4.78, 5) is 2.27. The predicted molar refractivity (Wildman–Crippen MR) is 54.1 cm³/mol. The first-order chi connectivity index (χ1) is 6.67. The molecule has 1 heterocycles. The molecule has 3 atom stereocenters. The number of nitrogens with zero attached hydrogens (tertiary/aromatic N) is 1. The lowest BCUT2D eigenvalue weighted by atomic mass is 10.1. The number of rotatable bonds is 4. The van der Waals surface area contributed by atoms with Gasteiger partial charge in [-0.15, -0.1) is 0 Å². The molecule has 0 amide bonds. The van der Waals surface area contributed by atoms with E-state index in [2.05, 4.69) is 11.8 Å². The average Bonchev–Trinajstić information content (AvgIpc) is 2.21. The lowest BCUT2D eigenvalue weighted by Gasteiger charge is -2.38. The zero-order valence-electron chi connectivity index (χ0n) is 9.02. The van der Waals surface area contributed by atoms with Crippen LogP contribution in [0.25, 0.3) is 0 Å². The van der Waals surface area contributed by atoms with Crippen LogP contribution in [-0.4, -0.2) is 60.2 Å². The highest BCUT2D eigenvalue weighted by atomic mass is 16.5. The van der Waals surface area contributed by atoms with Crippen molar-refractivity contribution in [2.45, 2.75) is 26.0 Å². The van der Waals surface area contributed by atoms with Crippen molar-refractivity contribution >= 4 is 0 Å². The van der Waals surface area contributed by atoms with E-state index >= 15 is 0 Å². The topological polar surface area (TPSA) is 52.9 Å². The van der Waals surface area contributed by atoms with Crippen LogP contribution in [0.15, 0.2) is 0 Å². The second-order valence-corrected chi connectivity index (χ2v) is 4.23. The molecule has 0 aromatic carbocycles. The molecule has 84 valence electrons. The fraction of sp³-hybridized carbons (Fsp3) is 1.00. The normalized spacial score (nSPS) is 31.7. The zero-order chi connectivity index (χ0) is 10.6. The highest BCUT2D eigenvalue weighted by Crippen LogP contribution is 2.13. The molecule has 0 aliphatic carbocycles. The molecule has 1 aliphatic heterocycles. The van der Waals surface area contributed by atoms with Crippen LogP contribution in [0.4, 0.5) is 0 Å². The smallest absolute Gasteiger partial charge is 0.0933 e. The Morgan fingerprint density at radius 3 is 2.79 bits per heavy atom. The monoisotopic (exact) mass is 203 g/mol. The van der Waals surface area contributed by atoms with Gasteiger partial charge in [0.25, 0.3) is 0 Å². The molecule has 0 aromatic rings. The highest BCUT2D eigenvalue weighted by molar-refractivity contribution is 4.78. The molecule has 4 heteroatoms. The number of ether oxygens (including phenoxy) is 1. The highest BCUT2D eigenvalue weighted by Gasteiger charge is 2.26. The Hall–Kier alpha value is -0.160. The summed E-state index contributed by atoms with van der Waals surface area (Å²) in [7, 11) is 0. The lowest BCUT2D eigenvalue weighted by Crippen LogP contribution is -2.50. The zero-order valence-corrected chi connectivity index (χ0v) is 9.02. The van der Waals surface area contributed by atoms with Gasteiger partial charge in [-0.2, -0.15) is 0 Å². The van der Waals surface area contributed by atoms with Crippen molar-refractivity contribution in [3.05, 3.63) is 0 Å². The number of morpholine rings is 1. The molecule has 1 fully saturated rings. The van der Waals surface area contributed by atoms with Gasteiger partial charge in [-0.25, -0.2) is 0 Å². The molecule has 2 N–H and O–H groups in total. The van der Waals surface area contributed by atoms with Crippen molar-refractivity contribution < 1.29 is 14.9 Å². The first kappa shape index (κ1) is 11.9. The van der Waals surface area contributed by atoms with E-state index in [1.807, 2.05) is 6.92 Å². The first-order valence-electron chi connectivity index (χ1n) is 5.24. The molecule has 0 aromatic heterocycles. The summed E-state index contributed by atoms with van der Waals surface area (Å²) in [5.41, 5.74) is 0. The van der Waals surface area contributed by atoms with E-state index in [4.69, 9.17) is 14.9 Å². The summed E-state index contributed by atoms with van der Waals surface area (Å²) in [6.07, 6.45) is -0.0582. The quantitative estimate of drug-likeness (QED) is 0.658. The van der Waals surface area contributed by atoms with E-state index < -0.39 is 0 Å². The molecule has 1 aliphatic rings. The molecule has 0 radical (unpaired) electrons. The summed E-state index contributed by atoms with van der Waals surface area (Å²) in [5.74, 6) is 0.287. The molecule has 1 rings (SSSR count). The maximum Gasteiger partial charge on any atom is 0.0933 e. The minimum absolute atomic E-state index is 0.0582. The second kappa shape index (κ2) is 5.66. The molecule has 1 saturated heterocycles. The third-order valence-electron chi connectivity index (χ3n) is 2.70. The van der Waals surface area contributed by atoms with Gasteiger partial charge in [0.15, 0.2) is 0 Å². The Morgan fingerprint density at radius 1 is 1.50 bits per heavy atom. The molecule has 0 spiro atoms. The van der Waals surface area contributed by atoms with E-state index in [1.54, 1.807) is 0 Å². The van der Waals surface area contributed by atoms with Crippen molar-refractivity contribution in [2.75, 3.05) is 32.9 Å². The second-order valence-electron chi connectivity index (χ2n) is 4.23. The fourth-order valence-electron chi connectivity index (χ4n) is 1.70. The Kier molecular flexibility index (Phi) is 4.81. The van der Waals surface area contributed by atoms with Gasteiger partial charge in [-0.1, -0.05) is 6.92 Å². The van der Waals surface area contributed by atoms with Crippen molar-refractivity contribution in [3.63, 3.8) is 0 Å². The van der Waals surface area contributed by atoms with Gasteiger partial charge < -0.3 is 14.9 Å². The molecule has 14 heavy (non-hydrogen) atoms. The Bertz CT molecular complexity index is 163. The van der Waals surface area contributed by atoms with Crippen molar-refractivity contribution in [2.24, 2.45) is 5.92 Å². The van der Waals surface area contributed by atoms with Gasteiger partial charge in [0.1, 0.15) is 0 Å². The van der Waals surface area contributed by atoms with Gasteiger partial charge in [0.2, 0.25) is 0 Å². The maximum atomic E-state index is 8.99. The van der Waals surface area contributed by atoms with E-state index in [9.17, 15) is 0 Å². The van der Waals surface area contributed by atoms with Crippen LogP contribution in [-0.2, 0) is 4.74 Å². The SMILES string of the molecule is CC(CO)CN1CC(CO)OCC1C. The van der Waals surface area contributed by atoms with E-state index in [0.717, 1.165) is 13.1 Å². The molecular formula is C10H21NO3. The van der Waals surface area contributed by atoms with Crippen LogP contribution >= 0.6 is 0 Å². The summed E-state index contributed by atoms with van der Waals surface area (Å²) in [6, 6.07) is 0.381.